The van der Waals surface area contributed by atoms with Gasteiger partial charge in [-0.15, -0.1) is 0 Å². The summed E-state index contributed by atoms with van der Waals surface area (Å²) >= 11 is 0. The molecule has 0 aliphatic carbocycles. The first-order chi connectivity index (χ1) is 7.61. The van der Waals surface area contributed by atoms with Crippen molar-refractivity contribution < 1.29 is 14.3 Å². The summed E-state index contributed by atoms with van der Waals surface area (Å²) in [4.78, 5) is 22.7. The van der Waals surface area contributed by atoms with Gasteiger partial charge in [-0.1, -0.05) is 46.5 Å². The smallest absolute Gasteiger partial charge is 0.316 e. The van der Waals surface area contributed by atoms with E-state index in [2.05, 4.69) is 6.92 Å². The Bertz CT molecular complexity index is 211. The van der Waals surface area contributed by atoms with E-state index in [1.165, 1.54) is 0 Å². The first-order valence-corrected chi connectivity index (χ1v) is 6.36. The van der Waals surface area contributed by atoms with Gasteiger partial charge in [0.15, 0.2) is 0 Å². The average Bonchev–Trinajstić information content (AvgIpc) is 2.24. The summed E-state index contributed by atoms with van der Waals surface area (Å²) in [6.45, 7) is 5.93. The monoisotopic (exact) mass is 228 g/mol. The van der Waals surface area contributed by atoms with Crippen LogP contribution in [0.3, 0.4) is 0 Å². The van der Waals surface area contributed by atoms with Gasteiger partial charge < -0.3 is 4.74 Å². The Balaban J connectivity index is 3.65. The van der Waals surface area contributed by atoms with Gasteiger partial charge in [0.05, 0.1) is 5.92 Å². The summed E-state index contributed by atoms with van der Waals surface area (Å²) in [6, 6.07) is 0. The van der Waals surface area contributed by atoms with Crippen LogP contribution in [0.5, 0.6) is 0 Å². The van der Waals surface area contributed by atoms with Crippen molar-refractivity contribution in [3.05, 3.63) is 0 Å². The molecule has 0 rings (SSSR count). The Morgan fingerprint density at radius 2 is 1.75 bits per heavy atom. The third-order valence-electron chi connectivity index (χ3n) is 2.57. The van der Waals surface area contributed by atoms with Gasteiger partial charge in [0.2, 0.25) is 0 Å². The molecule has 0 aromatic rings. The zero-order valence-corrected chi connectivity index (χ0v) is 10.8. The Labute approximate surface area is 98.6 Å². The van der Waals surface area contributed by atoms with Gasteiger partial charge >= 0.3 is 11.9 Å². The lowest BCUT2D eigenvalue weighted by Gasteiger charge is -2.08. The van der Waals surface area contributed by atoms with Crippen LogP contribution < -0.4 is 0 Å². The van der Waals surface area contributed by atoms with Crippen molar-refractivity contribution in [2.45, 2.75) is 65.7 Å². The van der Waals surface area contributed by atoms with Gasteiger partial charge in [-0.05, 0) is 12.8 Å². The highest BCUT2D eigenvalue weighted by Gasteiger charge is 2.16. The van der Waals surface area contributed by atoms with Crippen molar-refractivity contribution in [1.82, 2.24) is 0 Å². The first-order valence-electron chi connectivity index (χ1n) is 6.36. The molecule has 0 spiro atoms. The fourth-order valence-corrected chi connectivity index (χ4v) is 1.51. The molecule has 0 radical (unpaired) electrons. The number of unbranched alkanes of at least 4 members (excludes halogenated alkanes) is 3. The fourth-order valence-electron chi connectivity index (χ4n) is 1.51. The third-order valence-corrected chi connectivity index (χ3v) is 2.57. The minimum atomic E-state index is -0.373. The molecule has 1 atom stereocenters. The van der Waals surface area contributed by atoms with E-state index in [-0.39, 0.29) is 17.9 Å². The number of ether oxygens (including phenoxy) is 1. The largest absolute Gasteiger partial charge is 0.393 e. The summed E-state index contributed by atoms with van der Waals surface area (Å²) in [5, 5.41) is 0. The maximum Gasteiger partial charge on any atom is 0.316 e. The highest BCUT2D eigenvalue weighted by atomic mass is 16.6. The summed E-state index contributed by atoms with van der Waals surface area (Å²) in [6.07, 6.45) is 6.20. The molecule has 1 unspecified atom stereocenters. The average molecular weight is 228 g/mol. The summed E-state index contributed by atoms with van der Waals surface area (Å²) < 4.78 is 4.77. The number of esters is 2. The quantitative estimate of drug-likeness (QED) is 0.363. The van der Waals surface area contributed by atoms with E-state index in [9.17, 15) is 9.59 Å². The van der Waals surface area contributed by atoms with Gasteiger partial charge in [0.1, 0.15) is 0 Å². The van der Waals surface area contributed by atoms with E-state index in [0.29, 0.717) is 6.42 Å². The SMILES string of the molecule is CCCCCCC(=O)OC(=O)C(C)CCC. The molecule has 0 aliphatic rings. The van der Waals surface area contributed by atoms with Crippen LogP contribution in [0.1, 0.15) is 65.7 Å². The van der Waals surface area contributed by atoms with E-state index >= 15 is 0 Å². The highest BCUT2D eigenvalue weighted by molar-refractivity contribution is 5.86. The predicted octanol–water partition coefficient (Wildman–Crippen LogP) is 3.46. The molecule has 0 fully saturated rings. The topological polar surface area (TPSA) is 43.4 Å². The Morgan fingerprint density at radius 1 is 1.06 bits per heavy atom. The second-order valence-electron chi connectivity index (χ2n) is 4.29. The van der Waals surface area contributed by atoms with E-state index in [1.807, 2.05) is 6.92 Å². The Hall–Kier alpha value is -0.860. The number of rotatable bonds is 8. The molecule has 94 valence electrons. The second-order valence-corrected chi connectivity index (χ2v) is 4.29. The van der Waals surface area contributed by atoms with Crippen LogP contribution >= 0.6 is 0 Å². The molecular formula is C13H24O3. The first kappa shape index (κ1) is 15.1. The molecule has 0 aromatic heterocycles. The molecule has 0 saturated carbocycles. The van der Waals surface area contributed by atoms with Gasteiger partial charge in [0.25, 0.3) is 0 Å². The normalized spacial score (nSPS) is 12.2. The molecule has 16 heavy (non-hydrogen) atoms. The van der Waals surface area contributed by atoms with Gasteiger partial charge in [-0.3, -0.25) is 9.59 Å². The zero-order chi connectivity index (χ0) is 12.4. The maximum atomic E-state index is 11.4. The van der Waals surface area contributed by atoms with Gasteiger partial charge in [-0.2, -0.15) is 0 Å². The lowest BCUT2D eigenvalue weighted by molar-refractivity contribution is -0.162. The van der Waals surface area contributed by atoms with E-state index < -0.39 is 0 Å². The summed E-state index contributed by atoms with van der Waals surface area (Å²) in [5.41, 5.74) is 0. The predicted molar refractivity (Wildman–Crippen MR) is 63.9 cm³/mol. The van der Waals surface area contributed by atoms with Crippen molar-refractivity contribution in [3.63, 3.8) is 0 Å². The van der Waals surface area contributed by atoms with Gasteiger partial charge in [-0.25, -0.2) is 0 Å². The standard InChI is InChI=1S/C13H24O3/c1-4-6-7-8-10-12(14)16-13(15)11(3)9-5-2/h11H,4-10H2,1-3H3. The minimum absolute atomic E-state index is 0.162. The van der Waals surface area contributed by atoms with Crippen LogP contribution in [-0.2, 0) is 14.3 Å². The molecule has 0 bridgehead atoms. The summed E-state index contributed by atoms with van der Waals surface area (Å²) in [5.74, 6) is -0.906. The lowest BCUT2D eigenvalue weighted by Crippen LogP contribution is -2.18. The van der Waals surface area contributed by atoms with Crippen LogP contribution in [0.25, 0.3) is 0 Å². The summed E-state index contributed by atoms with van der Waals surface area (Å²) in [7, 11) is 0. The minimum Gasteiger partial charge on any atom is -0.393 e. The Morgan fingerprint density at radius 3 is 2.31 bits per heavy atom. The zero-order valence-electron chi connectivity index (χ0n) is 10.8. The number of carbonyl (C=O) groups excluding carboxylic acids is 2. The fraction of sp³-hybridized carbons (Fsp3) is 0.846. The third kappa shape index (κ3) is 7.43. The molecule has 0 heterocycles. The van der Waals surface area contributed by atoms with E-state index in [0.717, 1.165) is 38.5 Å². The maximum absolute atomic E-state index is 11.4. The van der Waals surface area contributed by atoms with Crippen LogP contribution in [0.2, 0.25) is 0 Å². The van der Waals surface area contributed by atoms with E-state index in [1.54, 1.807) is 6.92 Å². The van der Waals surface area contributed by atoms with Crippen molar-refractivity contribution in [2.75, 3.05) is 0 Å². The number of hydrogen-bond acceptors (Lipinski definition) is 3. The molecule has 0 N–H and O–H groups in total. The molecule has 0 saturated heterocycles. The van der Waals surface area contributed by atoms with E-state index in [4.69, 9.17) is 4.74 Å². The number of carbonyl (C=O) groups is 2. The molecule has 0 amide bonds. The molecule has 0 aromatic carbocycles. The van der Waals surface area contributed by atoms with Gasteiger partial charge in [0, 0.05) is 6.42 Å². The number of hydrogen-bond donors (Lipinski definition) is 0. The van der Waals surface area contributed by atoms with Crippen molar-refractivity contribution in [1.29, 1.82) is 0 Å². The van der Waals surface area contributed by atoms with Crippen LogP contribution in [0.4, 0.5) is 0 Å². The van der Waals surface area contributed by atoms with Crippen LogP contribution in [0, 0.1) is 5.92 Å². The molecular weight excluding hydrogens is 204 g/mol. The highest BCUT2D eigenvalue weighted by Crippen LogP contribution is 2.09. The Kier molecular flexibility index (Phi) is 8.87. The van der Waals surface area contributed by atoms with Crippen LogP contribution in [-0.4, -0.2) is 11.9 Å². The lowest BCUT2D eigenvalue weighted by atomic mass is 10.1. The molecule has 3 nitrogen and oxygen atoms in total. The van der Waals surface area contributed by atoms with Crippen molar-refractivity contribution in [3.8, 4) is 0 Å². The van der Waals surface area contributed by atoms with Crippen LogP contribution in [0.15, 0.2) is 0 Å². The second kappa shape index (κ2) is 9.37. The van der Waals surface area contributed by atoms with Crippen molar-refractivity contribution >= 4 is 11.9 Å². The van der Waals surface area contributed by atoms with Crippen molar-refractivity contribution in [2.24, 2.45) is 5.92 Å². The molecule has 0 aliphatic heterocycles. The molecule has 3 heteroatoms.